The molecule has 0 radical (unpaired) electrons. The normalized spacial score (nSPS) is 46.5. The summed E-state index contributed by atoms with van der Waals surface area (Å²) in [6.45, 7) is 2.92. The summed E-state index contributed by atoms with van der Waals surface area (Å²) in [5, 5.41) is 3.03. The number of nitrogens with two attached hydrogens (primary N) is 2. The minimum absolute atomic E-state index is 0.00784. The molecule has 0 spiro atoms. The van der Waals surface area contributed by atoms with Gasteiger partial charge in [-0.25, -0.2) is 4.39 Å². The first-order valence-electron chi connectivity index (χ1n) is 16.4. The van der Waals surface area contributed by atoms with Gasteiger partial charge in [0.1, 0.15) is 6.17 Å². The van der Waals surface area contributed by atoms with E-state index in [1.54, 1.807) is 0 Å². The fourth-order valence-electron chi connectivity index (χ4n) is 9.82. The molecule has 3 saturated carbocycles. The van der Waals surface area contributed by atoms with Gasteiger partial charge >= 0.3 is 0 Å². The highest BCUT2D eigenvalue weighted by Crippen LogP contribution is 2.50. The molecule has 3 aliphatic carbocycles. The van der Waals surface area contributed by atoms with E-state index in [0.717, 1.165) is 38.6 Å². The molecule has 0 bridgehead atoms. The van der Waals surface area contributed by atoms with Crippen molar-refractivity contribution in [1.29, 1.82) is 0 Å². The molecule has 7 aliphatic rings. The topological polar surface area (TPSA) is 117 Å². The van der Waals surface area contributed by atoms with Gasteiger partial charge in [0.15, 0.2) is 5.78 Å². The standard InChI is InChI=1S/C31H49FN6O3/c1-36-11-4-7-20(36)8-10-35-31(40)21-16-38-22-13-17-5-2-3-6-18(17)14-23(22)41-30-27(38)24(29(21)39)26(34)25(32)28(30)37-12-9-19(33)15-37/h16-20,22-28,30H,2-15,33-34H2,1H3,(H,35,40). The molecule has 10 heteroatoms. The maximum absolute atomic E-state index is 16.4. The molecule has 7 rings (SSSR count). The summed E-state index contributed by atoms with van der Waals surface area (Å²) in [4.78, 5) is 34.3. The second-order valence-electron chi connectivity index (χ2n) is 14.2. The molecule has 9 nitrogen and oxygen atoms in total. The molecule has 3 saturated heterocycles. The number of morpholine rings is 1. The van der Waals surface area contributed by atoms with Gasteiger partial charge in [-0.2, -0.15) is 0 Å². The van der Waals surface area contributed by atoms with E-state index in [1.807, 2.05) is 6.20 Å². The Bertz CT molecular complexity index is 1060. The predicted octanol–water partition coefficient (Wildman–Crippen LogP) is 1.16. The van der Waals surface area contributed by atoms with E-state index in [9.17, 15) is 9.59 Å². The molecule has 5 N–H and O–H groups in total. The van der Waals surface area contributed by atoms with Crippen LogP contribution in [0.15, 0.2) is 11.8 Å². The van der Waals surface area contributed by atoms with E-state index < -0.39 is 30.3 Å². The number of alkyl halides is 1. The fourth-order valence-corrected chi connectivity index (χ4v) is 9.82. The van der Waals surface area contributed by atoms with Crippen LogP contribution in [0.5, 0.6) is 0 Å². The number of carbonyl (C=O) groups is 2. The highest BCUT2D eigenvalue weighted by molar-refractivity contribution is 6.20. The van der Waals surface area contributed by atoms with E-state index >= 15 is 4.39 Å². The number of nitrogens with one attached hydrogen (secondary N) is 1. The first kappa shape index (κ1) is 28.2. The molecular weight excluding hydrogens is 523 g/mol. The number of hydrogen-bond donors (Lipinski definition) is 3. The monoisotopic (exact) mass is 572 g/mol. The van der Waals surface area contributed by atoms with Gasteiger partial charge in [-0.1, -0.05) is 25.7 Å². The van der Waals surface area contributed by atoms with Gasteiger partial charge in [-0.3, -0.25) is 14.5 Å². The number of nitrogens with zero attached hydrogens (tertiary/aromatic N) is 3. The average Bonchev–Trinajstić information content (AvgIpc) is 3.58. The Balaban J connectivity index is 1.19. The first-order chi connectivity index (χ1) is 19.8. The van der Waals surface area contributed by atoms with Crippen LogP contribution >= 0.6 is 0 Å². The van der Waals surface area contributed by atoms with Crippen LogP contribution in [0.4, 0.5) is 4.39 Å². The minimum Gasteiger partial charge on any atom is -0.369 e. The second-order valence-corrected chi connectivity index (χ2v) is 14.2. The van der Waals surface area contributed by atoms with Gasteiger partial charge in [-0.05, 0) is 64.0 Å². The summed E-state index contributed by atoms with van der Waals surface area (Å²) in [5.74, 6) is -0.217. The van der Waals surface area contributed by atoms with Crippen LogP contribution in [0.1, 0.15) is 64.2 Å². The minimum atomic E-state index is -1.43. The summed E-state index contributed by atoms with van der Waals surface area (Å²) in [5.41, 5.74) is 13.0. The van der Waals surface area contributed by atoms with Crippen molar-refractivity contribution in [3.63, 3.8) is 0 Å². The molecule has 0 aromatic rings. The van der Waals surface area contributed by atoms with Crippen molar-refractivity contribution >= 4 is 11.7 Å². The number of Topliss-reactive ketones (excluding diaryl/α,β-unsaturated/α-hetero) is 1. The van der Waals surface area contributed by atoms with Crippen LogP contribution in [0.2, 0.25) is 0 Å². The zero-order valence-corrected chi connectivity index (χ0v) is 24.5. The molecule has 1 amide bonds. The van der Waals surface area contributed by atoms with Crippen LogP contribution in [-0.2, 0) is 14.3 Å². The van der Waals surface area contributed by atoms with Gasteiger partial charge in [0.25, 0.3) is 5.91 Å². The number of ketones is 1. The second kappa shape index (κ2) is 11.2. The van der Waals surface area contributed by atoms with E-state index in [0.29, 0.717) is 37.5 Å². The van der Waals surface area contributed by atoms with E-state index in [4.69, 9.17) is 16.2 Å². The number of ether oxygens (including phenoxy) is 1. The van der Waals surface area contributed by atoms with Gasteiger partial charge in [0.2, 0.25) is 0 Å². The number of amides is 1. The van der Waals surface area contributed by atoms with Crippen molar-refractivity contribution in [2.45, 2.75) is 119 Å². The zero-order chi connectivity index (χ0) is 28.4. The van der Waals surface area contributed by atoms with Crippen molar-refractivity contribution < 1.29 is 18.7 Å². The van der Waals surface area contributed by atoms with Crippen LogP contribution in [0, 0.1) is 17.8 Å². The molecule has 228 valence electrons. The lowest BCUT2D eigenvalue weighted by atomic mass is 9.64. The van der Waals surface area contributed by atoms with Crippen molar-refractivity contribution in [1.82, 2.24) is 20.0 Å². The Morgan fingerprint density at radius 2 is 1.85 bits per heavy atom. The van der Waals surface area contributed by atoms with Gasteiger partial charge in [0.05, 0.1) is 41.8 Å². The third-order valence-electron chi connectivity index (χ3n) is 12.0. The number of carbonyl (C=O) groups excluding carboxylic acids is 2. The Morgan fingerprint density at radius 3 is 2.56 bits per heavy atom. The van der Waals surface area contributed by atoms with Crippen molar-refractivity contribution in [3.8, 4) is 0 Å². The Kier molecular flexibility index (Phi) is 7.67. The van der Waals surface area contributed by atoms with Crippen molar-refractivity contribution in [2.24, 2.45) is 29.2 Å². The molecule has 4 aliphatic heterocycles. The summed E-state index contributed by atoms with van der Waals surface area (Å²) in [6, 6.07) is -1.36. The van der Waals surface area contributed by atoms with Gasteiger partial charge < -0.3 is 31.3 Å². The predicted molar refractivity (Wildman–Crippen MR) is 153 cm³/mol. The summed E-state index contributed by atoms with van der Waals surface area (Å²) in [6.07, 6.45) is 10.8. The van der Waals surface area contributed by atoms with E-state index in [-0.39, 0.29) is 41.5 Å². The Morgan fingerprint density at radius 1 is 1.07 bits per heavy atom. The molecule has 41 heavy (non-hydrogen) atoms. The first-order valence-corrected chi connectivity index (χ1v) is 16.4. The smallest absolute Gasteiger partial charge is 0.256 e. The SMILES string of the molecule is CN1CCCC1CCNC(=O)C1=CN2C3CC4CCCCC4CC3OC3C(N4CCC(N)C4)C(F)C(N)C(C1=O)C32. The van der Waals surface area contributed by atoms with Crippen LogP contribution in [0.25, 0.3) is 0 Å². The summed E-state index contributed by atoms with van der Waals surface area (Å²) < 4.78 is 23.3. The zero-order valence-electron chi connectivity index (χ0n) is 24.5. The average molecular weight is 573 g/mol. The molecule has 0 aromatic heterocycles. The third-order valence-corrected chi connectivity index (χ3v) is 12.0. The van der Waals surface area contributed by atoms with Crippen molar-refractivity contribution in [2.75, 3.05) is 33.2 Å². The van der Waals surface area contributed by atoms with Crippen LogP contribution < -0.4 is 16.8 Å². The highest BCUT2D eigenvalue weighted by Gasteiger charge is 2.63. The maximum atomic E-state index is 16.4. The molecule has 0 aromatic carbocycles. The molecule has 6 fully saturated rings. The van der Waals surface area contributed by atoms with Crippen LogP contribution in [-0.4, -0.2) is 114 Å². The summed E-state index contributed by atoms with van der Waals surface area (Å²) >= 11 is 0. The van der Waals surface area contributed by atoms with E-state index in [2.05, 4.69) is 27.1 Å². The maximum Gasteiger partial charge on any atom is 0.256 e. The number of rotatable bonds is 5. The molecule has 12 atom stereocenters. The molecule has 12 unspecified atom stereocenters. The van der Waals surface area contributed by atoms with E-state index in [1.165, 1.54) is 32.1 Å². The number of hydrogen-bond acceptors (Lipinski definition) is 8. The number of fused-ring (bicyclic) bond motifs is 3. The van der Waals surface area contributed by atoms with Crippen molar-refractivity contribution in [3.05, 3.63) is 11.8 Å². The number of halogens is 1. The molecular formula is C31H49FN6O3. The lowest BCUT2D eigenvalue weighted by Crippen LogP contribution is -2.77. The van der Waals surface area contributed by atoms with Gasteiger partial charge in [-0.15, -0.1) is 0 Å². The largest absolute Gasteiger partial charge is 0.369 e. The summed E-state index contributed by atoms with van der Waals surface area (Å²) in [7, 11) is 2.13. The number of likely N-dealkylation sites (tertiary alicyclic amines) is 2. The fraction of sp³-hybridized carbons (Fsp3) is 0.871. The lowest BCUT2D eigenvalue weighted by Gasteiger charge is -2.62. The Labute approximate surface area is 243 Å². The highest BCUT2D eigenvalue weighted by atomic mass is 19.1. The third kappa shape index (κ3) is 4.86. The van der Waals surface area contributed by atoms with Gasteiger partial charge in [0, 0.05) is 44.0 Å². The quantitative estimate of drug-likeness (QED) is 0.421. The van der Waals surface area contributed by atoms with Crippen LogP contribution in [0.3, 0.4) is 0 Å². The lowest BCUT2D eigenvalue weighted by molar-refractivity contribution is -0.222. The molecule has 4 heterocycles. The Hall–Kier alpha value is -1.59.